The van der Waals surface area contributed by atoms with E-state index >= 15 is 0 Å². The average molecular weight is 201 g/mol. The molecule has 0 aliphatic carbocycles. The zero-order valence-electron chi connectivity index (χ0n) is 10.0. The van der Waals surface area contributed by atoms with Crippen molar-refractivity contribution in [3.05, 3.63) is 42.0 Å². The van der Waals surface area contributed by atoms with E-state index in [4.69, 9.17) is 4.11 Å². The Hall–Kier alpha value is -1.71. The van der Waals surface area contributed by atoms with Crippen LogP contribution in [0.4, 0.5) is 8.78 Å². The van der Waals surface area contributed by atoms with Crippen LogP contribution >= 0.6 is 0 Å². The fourth-order valence-corrected chi connectivity index (χ4v) is 0.709. The Bertz CT molecular complexity index is 469. The van der Waals surface area contributed by atoms with Crippen molar-refractivity contribution in [2.45, 2.75) is 6.85 Å². The highest BCUT2D eigenvalue weighted by Gasteiger charge is 2.08. The summed E-state index contributed by atoms with van der Waals surface area (Å²) in [6.07, 6.45) is 0. The van der Waals surface area contributed by atoms with Crippen molar-refractivity contribution in [2.24, 2.45) is 0 Å². The first-order chi connectivity index (χ1) is 7.71. The molecule has 0 atom stereocenters. The molecule has 0 unspecified atom stereocenters. The Morgan fingerprint density at radius 2 is 2.21 bits per heavy atom. The molecule has 0 saturated heterocycles. The average Bonchev–Trinajstić information content (AvgIpc) is 2.21. The molecule has 0 heterocycles. The van der Waals surface area contributed by atoms with E-state index in [1.54, 1.807) is 0 Å². The largest absolute Gasteiger partial charge is 0.423 e. The van der Waals surface area contributed by atoms with Crippen molar-refractivity contribution >= 4 is 5.97 Å². The van der Waals surface area contributed by atoms with Crippen molar-refractivity contribution in [1.82, 2.24) is 0 Å². The van der Waals surface area contributed by atoms with Crippen LogP contribution in [-0.4, -0.2) is 5.97 Å². The highest BCUT2D eigenvalue weighted by Crippen LogP contribution is 2.16. The molecule has 0 aliphatic rings. The number of hydrogen-bond donors (Lipinski definition) is 0. The summed E-state index contributed by atoms with van der Waals surface area (Å²) in [5.41, 5.74) is -0.734. The van der Waals surface area contributed by atoms with Gasteiger partial charge in [0.2, 0.25) is 0 Å². The summed E-state index contributed by atoms with van der Waals surface area (Å²) in [5.74, 6) is -3.80. The van der Waals surface area contributed by atoms with E-state index in [2.05, 4.69) is 11.3 Å². The lowest BCUT2D eigenvalue weighted by Crippen LogP contribution is -2.08. The molecule has 0 fully saturated rings. The molecule has 14 heavy (non-hydrogen) atoms. The van der Waals surface area contributed by atoms with E-state index in [9.17, 15) is 13.6 Å². The molecule has 4 heteroatoms. The van der Waals surface area contributed by atoms with E-state index in [1.165, 1.54) is 0 Å². The number of rotatable bonds is 2. The van der Waals surface area contributed by atoms with E-state index in [1.807, 2.05) is 0 Å². The normalized spacial score (nSPS) is 13.7. The Kier molecular flexibility index (Phi) is 1.91. The second-order valence-corrected chi connectivity index (χ2v) is 2.44. The number of halogens is 2. The van der Waals surface area contributed by atoms with Gasteiger partial charge in [-0.1, -0.05) is 6.58 Å². The maximum Gasteiger partial charge on any atom is 0.338 e. The van der Waals surface area contributed by atoms with Crippen LogP contribution in [0, 0.1) is 11.6 Å². The van der Waals surface area contributed by atoms with Gasteiger partial charge in [-0.05, 0) is 19.0 Å². The standard InChI is InChI=1S/C10H8F2O2/c1-6(2)10(13)14-7-3-4-8(11)9(12)5-7/h3-5H,1H2,2H3/i2D3. The summed E-state index contributed by atoms with van der Waals surface area (Å²) in [4.78, 5) is 11.3. The summed E-state index contributed by atoms with van der Waals surface area (Å²) in [6.45, 7) is 0.372. The van der Waals surface area contributed by atoms with Crippen LogP contribution in [0.3, 0.4) is 0 Å². The lowest BCUT2D eigenvalue weighted by atomic mass is 10.3. The highest BCUT2D eigenvalue weighted by atomic mass is 19.2. The number of benzene rings is 1. The molecular weight excluding hydrogens is 190 g/mol. The zero-order chi connectivity index (χ0) is 13.2. The topological polar surface area (TPSA) is 26.3 Å². The molecule has 1 aromatic carbocycles. The predicted molar refractivity (Wildman–Crippen MR) is 46.8 cm³/mol. The van der Waals surface area contributed by atoms with Crippen LogP contribution in [-0.2, 0) is 4.79 Å². The number of esters is 1. The van der Waals surface area contributed by atoms with Crippen LogP contribution in [0.1, 0.15) is 11.0 Å². The first-order valence-corrected chi connectivity index (χ1v) is 3.58. The van der Waals surface area contributed by atoms with Gasteiger partial charge >= 0.3 is 5.97 Å². The second-order valence-electron chi connectivity index (χ2n) is 2.44. The smallest absolute Gasteiger partial charge is 0.338 e. The van der Waals surface area contributed by atoms with Crippen LogP contribution in [0.5, 0.6) is 5.75 Å². The fourth-order valence-electron chi connectivity index (χ4n) is 0.709. The number of hydrogen-bond acceptors (Lipinski definition) is 2. The van der Waals surface area contributed by atoms with Crippen molar-refractivity contribution in [1.29, 1.82) is 0 Å². The quantitative estimate of drug-likeness (QED) is 0.417. The van der Waals surface area contributed by atoms with Crippen molar-refractivity contribution in [2.75, 3.05) is 0 Å². The number of ether oxygens (including phenoxy) is 1. The van der Waals surface area contributed by atoms with E-state index in [0.717, 1.165) is 12.1 Å². The molecule has 1 aromatic rings. The van der Waals surface area contributed by atoms with Gasteiger partial charge in [-0.2, -0.15) is 0 Å². The fraction of sp³-hybridized carbons (Fsp3) is 0.100. The Balaban J connectivity index is 2.82. The van der Waals surface area contributed by atoms with Gasteiger partial charge in [0, 0.05) is 15.8 Å². The van der Waals surface area contributed by atoms with Gasteiger partial charge in [0.15, 0.2) is 11.6 Å². The monoisotopic (exact) mass is 201 g/mol. The van der Waals surface area contributed by atoms with Crippen LogP contribution in [0.2, 0.25) is 0 Å². The molecule has 2 nitrogen and oxygen atoms in total. The minimum atomic E-state index is -2.68. The van der Waals surface area contributed by atoms with Crippen molar-refractivity contribution in [3.8, 4) is 5.75 Å². The van der Waals surface area contributed by atoms with E-state index < -0.39 is 30.0 Å². The minimum Gasteiger partial charge on any atom is -0.423 e. The summed E-state index contributed by atoms with van der Waals surface area (Å²) in [6, 6.07) is 2.40. The van der Waals surface area contributed by atoms with E-state index in [-0.39, 0.29) is 5.75 Å². The third kappa shape index (κ3) is 2.39. The molecule has 0 amide bonds. The van der Waals surface area contributed by atoms with Gasteiger partial charge in [-0.3, -0.25) is 0 Å². The van der Waals surface area contributed by atoms with E-state index in [0.29, 0.717) is 6.07 Å². The zero-order valence-corrected chi connectivity index (χ0v) is 7.01. The molecule has 74 valence electrons. The Labute approximate surface area is 84.0 Å². The molecule has 0 spiro atoms. The summed E-state index contributed by atoms with van der Waals surface area (Å²) < 4.78 is 50.6. The van der Waals surface area contributed by atoms with Gasteiger partial charge in [-0.25, -0.2) is 13.6 Å². The molecule has 0 aromatic heterocycles. The molecule has 0 aliphatic heterocycles. The Morgan fingerprint density at radius 3 is 2.79 bits per heavy atom. The van der Waals surface area contributed by atoms with Crippen molar-refractivity contribution < 1.29 is 22.4 Å². The van der Waals surface area contributed by atoms with Gasteiger partial charge in [-0.15, -0.1) is 0 Å². The second kappa shape index (κ2) is 4.00. The highest BCUT2D eigenvalue weighted by molar-refractivity contribution is 5.88. The maximum atomic E-state index is 12.8. The van der Waals surface area contributed by atoms with Crippen LogP contribution < -0.4 is 4.74 Å². The van der Waals surface area contributed by atoms with Gasteiger partial charge in [0.25, 0.3) is 0 Å². The molecule has 0 N–H and O–H groups in total. The molecule has 0 saturated carbocycles. The van der Waals surface area contributed by atoms with Crippen molar-refractivity contribution in [3.63, 3.8) is 0 Å². The third-order valence-electron chi connectivity index (χ3n) is 1.35. The molecule has 1 rings (SSSR count). The minimum absolute atomic E-state index is 0.292. The van der Waals surface area contributed by atoms with Gasteiger partial charge in [0.1, 0.15) is 5.75 Å². The summed E-state index contributed by atoms with van der Waals surface area (Å²) in [7, 11) is 0. The lowest BCUT2D eigenvalue weighted by molar-refractivity contribution is -0.130. The third-order valence-corrected chi connectivity index (χ3v) is 1.35. The maximum absolute atomic E-state index is 12.8. The van der Waals surface area contributed by atoms with Gasteiger partial charge < -0.3 is 4.74 Å². The number of carbonyl (C=O) groups excluding carboxylic acids is 1. The van der Waals surface area contributed by atoms with Crippen LogP contribution in [0.25, 0.3) is 0 Å². The number of carbonyl (C=O) groups is 1. The summed E-state index contributed by atoms with van der Waals surface area (Å²) in [5, 5.41) is 0. The molecule has 0 bridgehead atoms. The SMILES string of the molecule is [2H]C([2H])([2H])C(=C)C(=O)Oc1ccc(F)c(F)c1. The van der Waals surface area contributed by atoms with Crippen LogP contribution in [0.15, 0.2) is 30.4 Å². The van der Waals surface area contributed by atoms with Gasteiger partial charge in [0.05, 0.1) is 0 Å². The Morgan fingerprint density at radius 1 is 1.50 bits per heavy atom. The first kappa shape index (κ1) is 6.70. The first-order valence-electron chi connectivity index (χ1n) is 5.08. The predicted octanol–water partition coefficient (Wildman–Crippen LogP) is 2.45. The molecular formula is C10H8F2O2. The lowest BCUT2D eigenvalue weighted by Gasteiger charge is -2.03. The molecule has 0 radical (unpaired) electrons. The summed E-state index contributed by atoms with van der Waals surface area (Å²) >= 11 is 0.